The molecule has 9 nitrogen and oxygen atoms in total. The summed E-state index contributed by atoms with van der Waals surface area (Å²) < 4.78 is 11.4. The van der Waals surface area contributed by atoms with Gasteiger partial charge in [0.25, 0.3) is 0 Å². The number of nitrogens with zero attached hydrogens (tertiary/aromatic N) is 8. The van der Waals surface area contributed by atoms with Crippen LogP contribution in [-0.4, -0.2) is 39.3 Å². The second-order valence-electron chi connectivity index (χ2n) is 19.7. The predicted molar refractivity (Wildman–Crippen MR) is 318 cm³/mol. The molecular formula is C70H44N8O. The molecule has 9 heteroatoms. The van der Waals surface area contributed by atoms with Crippen LogP contribution in [0.2, 0.25) is 0 Å². The monoisotopic (exact) mass is 1010 g/mol. The van der Waals surface area contributed by atoms with Crippen LogP contribution in [0.1, 0.15) is 0 Å². The summed E-state index contributed by atoms with van der Waals surface area (Å²) >= 11 is 0. The zero-order chi connectivity index (χ0) is 52.2. The van der Waals surface area contributed by atoms with Crippen LogP contribution < -0.4 is 0 Å². The molecule has 0 bridgehead atoms. The second kappa shape index (κ2) is 19.0. The van der Waals surface area contributed by atoms with Gasteiger partial charge in [-0.05, 0) is 144 Å². The smallest absolute Gasteiger partial charge is 0.248 e. The third kappa shape index (κ3) is 8.21. The molecule has 7 heterocycles. The second-order valence-corrected chi connectivity index (χ2v) is 19.7. The number of fused-ring (bicyclic) bond motifs is 6. The molecule has 7 aromatic heterocycles. The van der Waals surface area contributed by atoms with Crippen LogP contribution in [-0.2, 0) is 0 Å². The van der Waals surface area contributed by atoms with Gasteiger partial charge in [0.1, 0.15) is 0 Å². The van der Waals surface area contributed by atoms with Crippen molar-refractivity contribution in [3.05, 3.63) is 267 Å². The standard InChI is InChI=1S/C70H44N8O/c1-3-15-45(16-4-1)51-35-53(63-25-11-23-61(73-63)49-19-13-33-71-43-49)39-55(37-51)77-65-27-9-7-21-57(65)59-31-29-47(41-67(59)77)69-75-76-70(79-69)48-30-32-60-58-22-8-10-28-66(58)78(68(60)42-48)56-38-52(46-17-5-2-6-18-46)36-54(40-56)64-26-12-24-62(74-64)50-20-14-34-72-44-50/h1-44H. The Morgan fingerprint density at radius 2 is 0.658 bits per heavy atom. The highest BCUT2D eigenvalue weighted by Crippen LogP contribution is 2.41. The van der Waals surface area contributed by atoms with E-state index in [1.807, 2.05) is 60.9 Å². The molecule has 0 atom stereocenters. The largest absolute Gasteiger partial charge is 0.416 e. The van der Waals surface area contributed by atoms with Gasteiger partial charge in [-0.15, -0.1) is 10.2 Å². The molecule has 8 aromatic carbocycles. The first kappa shape index (κ1) is 45.5. The highest BCUT2D eigenvalue weighted by molar-refractivity contribution is 6.11. The molecule has 0 unspecified atom stereocenters. The number of hydrogen-bond donors (Lipinski definition) is 0. The minimum atomic E-state index is 0.422. The van der Waals surface area contributed by atoms with Gasteiger partial charge in [0.2, 0.25) is 11.8 Å². The van der Waals surface area contributed by atoms with Crippen molar-refractivity contribution in [2.45, 2.75) is 0 Å². The van der Waals surface area contributed by atoms with E-state index in [4.69, 9.17) is 24.6 Å². The summed E-state index contributed by atoms with van der Waals surface area (Å²) in [5.41, 5.74) is 19.5. The summed E-state index contributed by atoms with van der Waals surface area (Å²) in [5, 5.41) is 14.0. The Balaban J connectivity index is 0.851. The first-order valence-electron chi connectivity index (χ1n) is 26.2. The van der Waals surface area contributed by atoms with E-state index >= 15 is 0 Å². The average molecular weight is 1010 g/mol. The van der Waals surface area contributed by atoms with Crippen molar-refractivity contribution in [3.8, 4) is 102 Å². The van der Waals surface area contributed by atoms with Crippen LogP contribution >= 0.6 is 0 Å². The van der Waals surface area contributed by atoms with E-state index in [1.54, 1.807) is 12.4 Å². The zero-order valence-electron chi connectivity index (χ0n) is 42.4. The highest BCUT2D eigenvalue weighted by Gasteiger charge is 2.21. The molecule has 0 saturated heterocycles. The number of para-hydroxylation sites is 2. The van der Waals surface area contributed by atoms with Crippen molar-refractivity contribution in [1.29, 1.82) is 0 Å². The van der Waals surface area contributed by atoms with E-state index in [0.717, 1.165) is 133 Å². The first-order chi connectivity index (χ1) is 39.1. The van der Waals surface area contributed by atoms with Crippen molar-refractivity contribution in [1.82, 2.24) is 39.3 Å². The van der Waals surface area contributed by atoms with Gasteiger partial charge in [-0.3, -0.25) is 9.97 Å². The van der Waals surface area contributed by atoms with Crippen molar-refractivity contribution < 1.29 is 4.42 Å². The van der Waals surface area contributed by atoms with Crippen molar-refractivity contribution in [3.63, 3.8) is 0 Å². The fourth-order valence-electron chi connectivity index (χ4n) is 11.1. The van der Waals surface area contributed by atoms with Crippen LogP contribution in [0, 0.1) is 0 Å². The lowest BCUT2D eigenvalue weighted by atomic mass is 9.99. The molecule has 15 aromatic rings. The van der Waals surface area contributed by atoms with Gasteiger partial charge in [0.15, 0.2) is 0 Å². The minimum Gasteiger partial charge on any atom is -0.416 e. The van der Waals surface area contributed by atoms with Gasteiger partial charge < -0.3 is 13.6 Å². The summed E-state index contributed by atoms with van der Waals surface area (Å²) in [6.07, 6.45) is 7.27. The van der Waals surface area contributed by atoms with Crippen LogP contribution in [0.25, 0.3) is 145 Å². The molecule has 0 aliphatic carbocycles. The summed E-state index contributed by atoms with van der Waals surface area (Å²) in [4.78, 5) is 19.1. The normalized spacial score (nSPS) is 11.5. The third-order valence-electron chi connectivity index (χ3n) is 14.8. The maximum absolute atomic E-state index is 6.73. The van der Waals surface area contributed by atoms with Crippen molar-refractivity contribution >= 4 is 43.6 Å². The number of pyridine rings is 4. The minimum absolute atomic E-state index is 0.422. The Labute approximate surface area is 454 Å². The number of benzene rings is 8. The maximum atomic E-state index is 6.73. The molecule has 0 radical (unpaired) electrons. The van der Waals surface area contributed by atoms with Gasteiger partial charge in [-0.2, -0.15) is 0 Å². The van der Waals surface area contributed by atoms with E-state index in [-0.39, 0.29) is 0 Å². The molecule has 0 aliphatic rings. The molecular weight excluding hydrogens is 969 g/mol. The zero-order valence-corrected chi connectivity index (χ0v) is 42.4. The molecule has 0 aliphatic heterocycles. The van der Waals surface area contributed by atoms with Gasteiger partial charge in [-0.25, -0.2) is 9.97 Å². The Hall–Kier alpha value is -10.9. The lowest BCUT2D eigenvalue weighted by Crippen LogP contribution is -1.97. The quantitative estimate of drug-likeness (QED) is 0.134. The molecule has 0 N–H and O–H groups in total. The van der Waals surface area contributed by atoms with Gasteiger partial charge in [0.05, 0.1) is 44.8 Å². The lowest BCUT2D eigenvalue weighted by molar-refractivity contribution is 0.584. The molecule has 0 spiro atoms. The summed E-state index contributed by atoms with van der Waals surface area (Å²) in [6, 6.07) is 84.7. The number of aromatic nitrogens is 8. The molecule has 0 amide bonds. The molecule has 0 saturated carbocycles. The van der Waals surface area contributed by atoms with Gasteiger partial charge in [-0.1, -0.05) is 121 Å². The third-order valence-corrected chi connectivity index (χ3v) is 14.8. The number of rotatable bonds is 10. The molecule has 79 heavy (non-hydrogen) atoms. The fourth-order valence-corrected chi connectivity index (χ4v) is 11.1. The van der Waals surface area contributed by atoms with Gasteiger partial charge in [0, 0.05) is 91.1 Å². The average Bonchev–Trinajstić information content (AvgIpc) is 4.45. The SMILES string of the molecule is c1ccc(-c2cc(-c3cccc(-c4cccnc4)n3)cc(-n3c4ccccc4c4ccc(-c5nnc(-c6ccc7c8ccccc8n(-c8cc(-c9ccccc9)cc(-c9cccc(-c%10cccnc%10)n9)c8)c7c6)o5)cc43)c2)cc1. The Morgan fingerprint density at radius 3 is 1.10 bits per heavy atom. The molecule has 370 valence electrons. The van der Waals surface area contributed by atoms with E-state index in [0.29, 0.717) is 11.8 Å². The van der Waals surface area contributed by atoms with E-state index in [9.17, 15) is 0 Å². The first-order valence-corrected chi connectivity index (χ1v) is 26.2. The van der Waals surface area contributed by atoms with Crippen molar-refractivity contribution in [2.75, 3.05) is 0 Å². The predicted octanol–water partition coefficient (Wildman–Crippen LogP) is 17.2. The van der Waals surface area contributed by atoms with Crippen LogP contribution in [0.15, 0.2) is 272 Å². The Bertz CT molecular complexity index is 4480. The Morgan fingerprint density at radius 1 is 0.266 bits per heavy atom. The van der Waals surface area contributed by atoms with Crippen LogP contribution in [0.4, 0.5) is 0 Å². The Kier molecular flexibility index (Phi) is 11.0. The summed E-state index contributed by atoms with van der Waals surface area (Å²) in [7, 11) is 0. The van der Waals surface area contributed by atoms with Crippen LogP contribution in [0.5, 0.6) is 0 Å². The number of hydrogen-bond acceptors (Lipinski definition) is 7. The summed E-state index contributed by atoms with van der Waals surface area (Å²) in [6.45, 7) is 0. The van der Waals surface area contributed by atoms with Gasteiger partial charge >= 0.3 is 0 Å². The topological polar surface area (TPSA) is 100 Å². The molecule has 0 fully saturated rings. The van der Waals surface area contributed by atoms with E-state index in [2.05, 4.69) is 213 Å². The van der Waals surface area contributed by atoms with E-state index < -0.39 is 0 Å². The van der Waals surface area contributed by atoms with Crippen molar-refractivity contribution in [2.24, 2.45) is 0 Å². The molecule has 15 rings (SSSR count). The lowest BCUT2D eigenvalue weighted by Gasteiger charge is -2.14. The summed E-state index contributed by atoms with van der Waals surface area (Å²) in [5.74, 6) is 0.844. The van der Waals surface area contributed by atoms with E-state index in [1.165, 1.54) is 0 Å². The van der Waals surface area contributed by atoms with Crippen LogP contribution in [0.3, 0.4) is 0 Å². The highest BCUT2D eigenvalue weighted by atomic mass is 16.4. The maximum Gasteiger partial charge on any atom is 0.248 e. The fraction of sp³-hybridized carbons (Fsp3) is 0.